The lowest BCUT2D eigenvalue weighted by Gasteiger charge is -2.32. The first-order valence-corrected chi connectivity index (χ1v) is 9.18. The maximum absolute atomic E-state index is 12.8. The number of rotatable bonds is 3. The van der Waals surface area contributed by atoms with E-state index in [4.69, 9.17) is 9.47 Å². The van der Waals surface area contributed by atoms with Gasteiger partial charge in [-0.1, -0.05) is 30.3 Å². The Hall–Kier alpha value is -2.12. The number of nitrogens with zero attached hydrogens (tertiary/aromatic N) is 3. The Bertz CT molecular complexity index is 662. The van der Waals surface area contributed by atoms with E-state index >= 15 is 0 Å². The standard InChI is InChI=1S/C19H25N3O4/c1-25-17-15-12-21(19(24)20-7-9-26-10-8-20)13-16(15)22(18(17)23)11-14-5-3-2-4-6-14/h2-6,15-17H,7-13H2,1H3/t15-,16+,17-/m0/s1. The number of benzene rings is 1. The van der Waals surface area contributed by atoms with Gasteiger partial charge < -0.3 is 24.2 Å². The highest BCUT2D eigenvalue weighted by molar-refractivity contribution is 5.85. The molecule has 3 aliphatic heterocycles. The highest BCUT2D eigenvalue weighted by Crippen LogP contribution is 2.35. The van der Waals surface area contributed by atoms with Gasteiger partial charge in [-0.3, -0.25) is 4.79 Å². The van der Waals surface area contributed by atoms with E-state index in [9.17, 15) is 9.59 Å². The molecule has 3 aliphatic rings. The van der Waals surface area contributed by atoms with Gasteiger partial charge in [-0.15, -0.1) is 0 Å². The topological polar surface area (TPSA) is 62.3 Å². The Balaban J connectivity index is 1.49. The second-order valence-corrected chi connectivity index (χ2v) is 7.13. The minimum absolute atomic E-state index is 0.0117. The molecular weight excluding hydrogens is 334 g/mol. The van der Waals surface area contributed by atoms with Crippen molar-refractivity contribution in [2.45, 2.75) is 18.7 Å². The monoisotopic (exact) mass is 359 g/mol. The lowest BCUT2D eigenvalue weighted by molar-refractivity contribution is -0.138. The van der Waals surface area contributed by atoms with Gasteiger partial charge in [0.05, 0.1) is 19.3 Å². The van der Waals surface area contributed by atoms with Crippen molar-refractivity contribution in [1.29, 1.82) is 0 Å². The summed E-state index contributed by atoms with van der Waals surface area (Å²) >= 11 is 0. The highest BCUT2D eigenvalue weighted by Gasteiger charge is 2.53. The van der Waals surface area contributed by atoms with Gasteiger partial charge in [-0.25, -0.2) is 4.79 Å². The molecule has 1 aromatic carbocycles. The molecule has 3 amide bonds. The lowest BCUT2D eigenvalue weighted by Crippen LogP contribution is -2.49. The zero-order chi connectivity index (χ0) is 18.1. The Kier molecular flexibility index (Phi) is 4.82. The van der Waals surface area contributed by atoms with Crippen LogP contribution in [0.2, 0.25) is 0 Å². The van der Waals surface area contributed by atoms with Crippen molar-refractivity contribution in [1.82, 2.24) is 14.7 Å². The van der Waals surface area contributed by atoms with Gasteiger partial charge in [-0.05, 0) is 5.56 Å². The van der Waals surface area contributed by atoms with Crippen LogP contribution in [0.4, 0.5) is 4.79 Å². The fraction of sp³-hybridized carbons (Fsp3) is 0.579. The summed E-state index contributed by atoms with van der Waals surface area (Å²) in [6.07, 6.45) is -0.466. The summed E-state index contributed by atoms with van der Waals surface area (Å²) in [4.78, 5) is 31.2. The number of urea groups is 1. The maximum atomic E-state index is 12.8. The summed E-state index contributed by atoms with van der Waals surface area (Å²) in [5, 5.41) is 0. The van der Waals surface area contributed by atoms with Crippen LogP contribution in [0.1, 0.15) is 5.56 Å². The quantitative estimate of drug-likeness (QED) is 0.801. The molecule has 3 saturated heterocycles. The van der Waals surface area contributed by atoms with Crippen molar-refractivity contribution in [2.75, 3.05) is 46.5 Å². The number of fused-ring (bicyclic) bond motifs is 1. The van der Waals surface area contributed by atoms with E-state index in [1.807, 2.05) is 45.0 Å². The third-order valence-electron chi connectivity index (χ3n) is 5.65. The Morgan fingerprint density at radius 3 is 2.58 bits per heavy atom. The normalized spacial score (nSPS) is 28.6. The summed E-state index contributed by atoms with van der Waals surface area (Å²) in [7, 11) is 1.58. The molecule has 3 fully saturated rings. The number of methoxy groups -OCH3 is 1. The predicted octanol–water partition coefficient (Wildman–Crippen LogP) is 0.796. The molecule has 0 spiro atoms. The van der Waals surface area contributed by atoms with Crippen molar-refractivity contribution in [3.8, 4) is 0 Å². The molecule has 0 radical (unpaired) electrons. The van der Waals surface area contributed by atoms with Crippen LogP contribution in [-0.2, 0) is 20.8 Å². The summed E-state index contributed by atoms with van der Waals surface area (Å²) < 4.78 is 10.8. The molecule has 0 aromatic heterocycles. The molecule has 0 unspecified atom stereocenters. The smallest absolute Gasteiger partial charge is 0.320 e. The minimum atomic E-state index is -0.466. The number of hydrogen-bond donors (Lipinski definition) is 0. The van der Waals surface area contributed by atoms with E-state index in [-0.39, 0.29) is 23.9 Å². The summed E-state index contributed by atoms with van der Waals surface area (Å²) in [6.45, 7) is 4.13. The van der Waals surface area contributed by atoms with Gasteiger partial charge in [0.2, 0.25) is 0 Å². The van der Waals surface area contributed by atoms with Gasteiger partial charge in [0, 0.05) is 45.8 Å². The first-order chi connectivity index (χ1) is 12.7. The Labute approximate surface area is 153 Å². The van der Waals surface area contributed by atoms with Gasteiger partial charge in [-0.2, -0.15) is 0 Å². The molecule has 26 heavy (non-hydrogen) atoms. The number of amides is 3. The van der Waals surface area contributed by atoms with Crippen LogP contribution < -0.4 is 0 Å². The van der Waals surface area contributed by atoms with E-state index in [0.29, 0.717) is 45.9 Å². The second kappa shape index (κ2) is 7.25. The molecule has 4 rings (SSSR count). The van der Waals surface area contributed by atoms with Crippen LogP contribution in [-0.4, -0.2) is 85.3 Å². The van der Waals surface area contributed by atoms with Crippen molar-refractivity contribution in [3.05, 3.63) is 35.9 Å². The van der Waals surface area contributed by atoms with Crippen LogP contribution in [0.3, 0.4) is 0 Å². The predicted molar refractivity (Wildman–Crippen MR) is 94.4 cm³/mol. The molecule has 0 N–H and O–H groups in total. The van der Waals surface area contributed by atoms with Crippen LogP contribution in [0.5, 0.6) is 0 Å². The number of ether oxygens (including phenoxy) is 2. The average molecular weight is 359 g/mol. The molecule has 3 heterocycles. The molecule has 0 saturated carbocycles. The van der Waals surface area contributed by atoms with Crippen LogP contribution in [0, 0.1) is 5.92 Å². The Morgan fingerprint density at radius 1 is 1.15 bits per heavy atom. The van der Waals surface area contributed by atoms with E-state index < -0.39 is 6.10 Å². The molecule has 0 bridgehead atoms. The summed E-state index contributed by atoms with van der Waals surface area (Å²) in [5.41, 5.74) is 1.09. The number of morpholine rings is 1. The number of hydrogen-bond acceptors (Lipinski definition) is 4. The third-order valence-corrected chi connectivity index (χ3v) is 5.65. The molecule has 7 heteroatoms. The molecule has 140 valence electrons. The fourth-order valence-corrected chi connectivity index (χ4v) is 4.31. The van der Waals surface area contributed by atoms with Gasteiger partial charge >= 0.3 is 6.03 Å². The van der Waals surface area contributed by atoms with E-state index in [0.717, 1.165) is 5.56 Å². The van der Waals surface area contributed by atoms with Crippen LogP contribution in [0.15, 0.2) is 30.3 Å². The van der Waals surface area contributed by atoms with Crippen LogP contribution in [0.25, 0.3) is 0 Å². The molecule has 0 aliphatic carbocycles. The second-order valence-electron chi connectivity index (χ2n) is 7.13. The number of carbonyl (C=O) groups is 2. The minimum Gasteiger partial charge on any atom is -0.378 e. The maximum Gasteiger partial charge on any atom is 0.320 e. The molecule has 1 aromatic rings. The largest absolute Gasteiger partial charge is 0.378 e. The van der Waals surface area contributed by atoms with Crippen molar-refractivity contribution in [2.24, 2.45) is 5.92 Å². The molecular formula is C19H25N3O4. The first-order valence-electron chi connectivity index (χ1n) is 9.18. The highest BCUT2D eigenvalue weighted by atomic mass is 16.5. The SMILES string of the molecule is CO[C@@H]1C(=O)N(Cc2ccccc2)[C@@H]2CN(C(=O)N3CCOCC3)C[C@H]12. The fourth-order valence-electron chi connectivity index (χ4n) is 4.31. The summed E-state index contributed by atoms with van der Waals surface area (Å²) in [6, 6.07) is 10.0. The van der Waals surface area contributed by atoms with Gasteiger partial charge in [0.25, 0.3) is 5.91 Å². The summed E-state index contributed by atoms with van der Waals surface area (Å²) in [5.74, 6) is 0.0611. The third kappa shape index (κ3) is 3.05. The molecule has 3 atom stereocenters. The van der Waals surface area contributed by atoms with Crippen LogP contribution >= 0.6 is 0 Å². The number of carbonyl (C=O) groups excluding carboxylic acids is 2. The average Bonchev–Trinajstić information content (AvgIpc) is 3.21. The van der Waals surface area contributed by atoms with E-state index in [1.165, 1.54) is 0 Å². The Morgan fingerprint density at radius 2 is 1.88 bits per heavy atom. The zero-order valence-electron chi connectivity index (χ0n) is 15.0. The molecule has 7 nitrogen and oxygen atoms in total. The van der Waals surface area contributed by atoms with Crippen molar-refractivity contribution >= 4 is 11.9 Å². The van der Waals surface area contributed by atoms with E-state index in [2.05, 4.69) is 0 Å². The van der Waals surface area contributed by atoms with Crippen molar-refractivity contribution < 1.29 is 19.1 Å². The number of likely N-dealkylation sites (tertiary alicyclic amines) is 2. The van der Waals surface area contributed by atoms with Crippen molar-refractivity contribution in [3.63, 3.8) is 0 Å². The first kappa shape index (κ1) is 17.3. The zero-order valence-corrected chi connectivity index (χ0v) is 15.0. The van der Waals surface area contributed by atoms with Gasteiger partial charge in [0.1, 0.15) is 6.10 Å². The van der Waals surface area contributed by atoms with E-state index in [1.54, 1.807) is 7.11 Å². The van der Waals surface area contributed by atoms with Gasteiger partial charge in [0.15, 0.2) is 0 Å². The lowest BCUT2D eigenvalue weighted by atomic mass is 10.0.